The summed E-state index contributed by atoms with van der Waals surface area (Å²) < 4.78 is 48.1. The van der Waals surface area contributed by atoms with Gasteiger partial charge >= 0.3 is 17.9 Å². The number of ether oxygens (including phenoxy) is 8. The number of fused-ring (bicyclic) bond motifs is 7. The lowest BCUT2D eigenvalue weighted by Crippen LogP contribution is -2.76. The molecule has 0 bridgehead atoms. The first-order chi connectivity index (χ1) is 35.8. The molecule has 8 rings (SSSR count). The van der Waals surface area contributed by atoms with Crippen molar-refractivity contribution in [3.05, 3.63) is 11.6 Å². The third-order valence-electron chi connectivity index (χ3n) is 20.9. The number of allylic oxidation sites excluding steroid dienone is 1. The van der Waals surface area contributed by atoms with Gasteiger partial charge in [-0.25, -0.2) is 4.79 Å². The van der Waals surface area contributed by atoms with Crippen molar-refractivity contribution in [2.24, 2.45) is 56.2 Å². The minimum Gasteiger partial charge on any atom is -0.479 e. The van der Waals surface area contributed by atoms with E-state index >= 15 is 0 Å². The van der Waals surface area contributed by atoms with E-state index in [1.165, 1.54) is 6.92 Å². The third kappa shape index (κ3) is 9.62. The number of aliphatic hydroxyl groups excluding tert-OH is 11. The Hall–Kier alpha value is -2.53. The van der Waals surface area contributed by atoms with Crippen LogP contribution in [0.15, 0.2) is 11.6 Å². The number of carbonyl (C=O) groups is 3. The molecule has 12 N–H and O–H groups in total. The molecule has 23 nitrogen and oxygen atoms in total. The molecule has 27 atom stereocenters. The summed E-state index contributed by atoms with van der Waals surface area (Å²) in [7, 11) is 0. The van der Waals surface area contributed by atoms with Crippen LogP contribution >= 0.6 is 0 Å². The minimum atomic E-state index is -2.12. The fourth-order valence-corrected chi connectivity index (χ4v) is 16.0. The number of carboxylic acids is 1. The first-order valence-electron chi connectivity index (χ1n) is 27.4. The number of hydrogen-bond acceptors (Lipinski definition) is 22. The summed E-state index contributed by atoms with van der Waals surface area (Å²) >= 11 is 0. The van der Waals surface area contributed by atoms with Gasteiger partial charge in [0.05, 0.1) is 42.9 Å². The lowest BCUT2D eigenvalue weighted by atomic mass is 9.32. The molecular formula is C54H86O23. The minimum absolute atomic E-state index is 0.135. The van der Waals surface area contributed by atoms with E-state index in [0.29, 0.717) is 44.9 Å². The number of carbonyl (C=O) groups excluding carboxylic acids is 2. The number of hydrogen-bond donors (Lipinski definition) is 12. The van der Waals surface area contributed by atoms with E-state index in [1.807, 2.05) is 41.5 Å². The summed E-state index contributed by atoms with van der Waals surface area (Å²) in [5.41, 5.74) is -4.74. The summed E-state index contributed by atoms with van der Waals surface area (Å²) in [4.78, 5) is 38.8. The van der Waals surface area contributed by atoms with Gasteiger partial charge < -0.3 is 99.2 Å². The summed E-state index contributed by atoms with van der Waals surface area (Å²) in [5, 5.41) is 135. The number of rotatable bonds is 13. The van der Waals surface area contributed by atoms with Crippen molar-refractivity contribution >= 4 is 17.9 Å². The van der Waals surface area contributed by atoms with Crippen LogP contribution < -0.4 is 0 Å². The van der Waals surface area contributed by atoms with Gasteiger partial charge in [0, 0.05) is 17.8 Å². The van der Waals surface area contributed by atoms with Crippen LogP contribution in [0, 0.1) is 56.2 Å². The molecule has 5 aliphatic carbocycles. The van der Waals surface area contributed by atoms with E-state index in [-0.39, 0.29) is 11.8 Å². The molecule has 0 aromatic heterocycles. The molecule has 3 aliphatic heterocycles. The van der Waals surface area contributed by atoms with Crippen LogP contribution in [0.5, 0.6) is 0 Å². The fourth-order valence-electron chi connectivity index (χ4n) is 16.0. The monoisotopic (exact) mass is 1100 g/mol. The zero-order valence-electron chi connectivity index (χ0n) is 45.8. The number of aliphatic carboxylic acids is 1. The highest BCUT2D eigenvalue weighted by Crippen LogP contribution is 2.76. The van der Waals surface area contributed by atoms with Gasteiger partial charge in [0.1, 0.15) is 79.9 Å². The second kappa shape index (κ2) is 21.7. The fraction of sp³-hybridized carbons (Fsp3) is 0.907. The standard InChI is InChI=1S/C54H86O23/c1-11-22(2)45(69)77-43-42(66)54(21-71-23(3)56)25(18-49(43,4)5)24-12-13-29-51(8)16-15-30(50(6,7)28(51)14-17-52(29,9)53(24,10)40(64)41(54)65)73-48-39(76-47-35(62)33(60)32(59)27(19-55)72-47)37(36(63)38(75-48)44(67)68)74-46-34(61)31(58)26(57)20-70-46/h12,22,25-43,46-48,55,57-66H,11,13-21H2,1-10H3,(H,67,68)/t22?,25-,26-,27+,28-,29+,30-,31-,32+,33-,34+,35+,36-,37-,38-,39+,40-,41+,42-,43-,46-,47-,48+,51-,52+,53-,54-/m0/s1. The first kappa shape index (κ1) is 60.6. The average molecular weight is 1100 g/mol. The molecule has 7 fully saturated rings. The van der Waals surface area contributed by atoms with Crippen LogP contribution in [0.1, 0.15) is 114 Å². The molecule has 1 unspecified atom stereocenters. The summed E-state index contributed by atoms with van der Waals surface area (Å²) in [6, 6.07) is 0. The van der Waals surface area contributed by atoms with E-state index < -0.39 is 199 Å². The van der Waals surface area contributed by atoms with Gasteiger partial charge in [-0.15, -0.1) is 0 Å². The molecule has 0 aromatic carbocycles. The van der Waals surface area contributed by atoms with Crippen molar-refractivity contribution in [3.8, 4) is 0 Å². The molecule has 0 radical (unpaired) electrons. The Morgan fingerprint density at radius 2 is 1.39 bits per heavy atom. The number of esters is 2. The molecule has 3 heterocycles. The first-order valence-corrected chi connectivity index (χ1v) is 27.4. The van der Waals surface area contributed by atoms with Gasteiger partial charge in [-0.1, -0.05) is 74.0 Å². The normalized spacial score (nSPS) is 50.6. The average Bonchev–Trinajstić information content (AvgIpc) is 3.36. The van der Waals surface area contributed by atoms with E-state index in [4.69, 9.17) is 37.9 Å². The van der Waals surface area contributed by atoms with Crippen molar-refractivity contribution in [1.29, 1.82) is 0 Å². The van der Waals surface area contributed by atoms with Crippen molar-refractivity contribution in [3.63, 3.8) is 0 Å². The van der Waals surface area contributed by atoms with Crippen LogP contribution in [0.2, 0.25) is 0 Å². The predicted octanol–water partition coefficient (Wildman–Crippen LogP) is -0.604. The van der Waals surface area contributed by atoms with E-state index in [1.54, 1.807) is 6.92 Å². The third-order valence-corrected chi connectivity index (χ3v) is 20.9. The van der Waals surface area contributed by atoms with Crippen molar-refractivity contribution < 1.29 is 114 Å². The lowest BCUT2D eigenvalue weighted by molar-refractivity contribution is -0.392. The van der Waals surface area contributed by atoms with Gasteiger partial charge in [-0.05, 0) is 78.9 Å². The molecule has 440 valence electrons. The topological polar surface area (TPSA) is 368 Å². The maximum Gasteiger partial charge on any atom is 0.335 e. The van der Waals surface area contributed by atoms with Crippen LogP contribution in [0.4, 0.5) is 0 Å². The quantitative estimate of drug-likeness (QED) is 0.0622. The van der Waals surface area contributed by atoms with Crippen LogP contribution in [0.3, 0.4) is 0 Å². The largest absolute Gasteiger partial charge is 0.479 e. The molecule has 0 spiro atoms. The molecule has 0 amide bonds. The summed E-state index contributed by atoms with van der Waals surface area (Å²) in [6.07, 6.45) is -26.9. The van der Waals surface area contributed by atoms with E-state index in [9.17, 15) is 75.7 Å². The molecule has 4 saturated carbocycles. The zero-order chi connectivity index (χ0) is 57.0. The Kier molecular flexibility index (Phi) is 17.0. The van der Waals surface area contributed by atoms with Gasteiger partial charge in [0.15, 0.2) is 25.0 Å². The smallest absolute Gasteiger partial charge is 0.335 e. The van der Waals surface area contributed by atoms with Gasteiger partial charge in [-0.2, -0.15) is 0 Å². The molecule has 23 heteroatoms. The van der Waals surface area contributed by atoms with Gasteiger partial charge in [0.2, 0.25) is 0 Å². The van der Waals surface area contributed by atoms with E-state index in [0.717, 1.165) is 5.57 Å². The number of carboxylic acid groups (broad SMARTS) is 1. The molecule has 0 aromatic rings. The molecule has 3 saturated heterocycles. The Balaban J connectivity index is 1.13. The van der Waals surface area contributed by atoms with Crippen LogP contribution in [-0.2, 0) is 52.3 Å². The summed E-state index contributed by atoms with van der Waals surface area (Å²) in [5.74, 6) is -4.19. The van der Waals surface area contributed by atoms with Crippen molar-refractivity contribution in [1.82, 2.24) is 0 Å². The van der Waals surface area contributed by atoms with Crippen molar-refractivity contribution in [2.75, 3.05) is 19.8 Å². The Morgan fingerprint density at radius 3 is 2.01 bits per heavy atom. The highest BCUT2D eigenvalue weighted by atomic mass is 16.8. The Bertz CT molecular complexity index is 2190. The molecule has 77 heavy (non-hydrogen) atoms. The molecule has 8 aliphatic rings. The summed E-state index contributed by atoms with van der Waals surface area (Å²) in [6.45, 7) is 17.2. The SMILES string of the molecule is CCC(C)C(=O)O[C@H]1[C@H](O)[C@]2(COC(C)=O)[C@H](O)[C@H](O)[C@]3(C)C(=CC[C@@H]4[C@@]5(C)CC[C@H](O[C@@H]6O[C@H](C(=O)O)[C@@H](O)[C@H](O[C@@H]7OC[C@H](O)[C@H](O)[C@H]7O)[C@H]6O[C@@H]6O[C@H](CO)[C@@H](O)[C@H](O)[C@H]6O)C(C)(C)[C@@H]5CC[C@]43C)[C@@H]2CC1(C)C. The highest BCUT2D eigenvalue weighted by molar-refractivity contribution is 5.73. The van der Waals surface area contributed by atoms with Gasteiger partial charge in [0.25, 0.3) is 0 Å². The van der Waals surface area contributed by atoms with Crippen molar-refractivity contribution in [2.45, 2.75) is 231 Å². The maximum absolute atomic E-state index is 13.4. The second-order valence-corrected chi connectivity index (χ2v) is 25.7. The van der Waals surface area contributed by atoms with Gasteiger partial charge in [-0.3, -0.25) is 9.59 Å². The Labute approximate surface area is 448 Å². The Morgan fingerprint density at radius 1 is 0.740 bits per heavy atom. The zero-order valence-corrected chi connectivity index (χ0v) is 45.8. The highest BCUT2D eigenvalue weighted by Gasteiger charge is 2.76. The van der Waals surface area contributed by atoms with E-state index in [2.05, 4.69) is 19.9 Å². The number of aliphatic hydroxyl groups is 11. The maximum atomic E-state index is 13.4. The predicted molar refractivity (Wildman–Crippen MR) is 263 cm³/mol. The molecular weight excluding hydrogens is 1020 g/mol. The van der Waals surface area contributed by atoms with Crippen LogP contribution in [-0.4, -0.2) is 216 Å². The second-order valence-electron chi connectivity index (χ2n) is 25.7. The lowest BCUT2D eigenvalue weighted by Gasteiger charge is -2.73. The van der Waals surface area contributed by atoms with Crippen LogP contribution in [0.25, 0.3) is 0 Å².